The van der Waals surface area contributed by atoms with E-state index in [-0.39, 0.29) is 0 Å². The second-order valence-electron chi connectivity index (χ2n) is 4.09. The molecular weight excluding hydrogens is 300 g/mol. The first-order chi connectivity index (χ1) is 8.19. The lowest BCUT2D eigenvalue weighted by atomic mass is 9.96. The van der Waals surface area contributed by atoms with Crippen molar-refractivity contribution >= 4 is 27.5 Å². The van der Waals surface area contributed by atoms with Crippen molar-refractivity contribution in [1.82, 2.24) is 9.78 Å². The van der Waals surface area contributed by atoms with Crippen LogP contribution in [-0.2, 0) is 13.5 Å². The Bertz CT molecular complexity index is 478. The average molecular weight is 314 g/mol. The molecule has 0 aliphatic carbocycles. The van der Waals surface area contributed by atoms with E-state index in [0.29, 0.717) is 5.92 Å². The molecule has 0 radical (unpaired) electrons. The quantitative estimate of drug-likeness (QED) is 0.785. The van der Waals surface area contributed by atoms with Crippen LogP contribution in [0.3, 0.4) is 0 Å². The van der Waals surface area contributed by atoms with Crippen molar-refractivity contribution in [1.29, 1.82) is 0 Å². The lowest BCUT2D eigenvalue weighted by Crippen LogP contribution is -2.05. The Morgan fingerprint density at radius 2 is 2.00 bits per heavy atom. The summed E-state index contributed by atoms with van der Waals surface area (Å²) in [5.41, 5.74) is 2.41. The van der Waals surface area contributed by atoms with Gasteiger partial charge in [0.05, 0.1) is 5.69 Å². The van der Waals surface area contributed by atoms with Crippen molar-refractivity contribution in [3.8, 4) is 0 Å². The van der Waals surface area contributed by atoms with Crippen molar-refractivity contribution in [2.45, 2.75) is 12.3 Å². The summed E-state index contributed by atoms with van der Waals surface area (Å²) < 4.78 is 1.84. The Labute approximate surface area is 115 Å². The molecule has 2 aromatic rings. The van der Waals surface area contributed by atoms with Gasteiger partial charge >= 0.3 is 0 Å². The Morgan fingerprint density at radius 3 is 2.53 bits per heavy atom. The van der Waals surface area contributed by atoms with Crippen LogP contribution in [0.4, 0.5) is 0 Å². The van der Waals surface area contributed by atoms with Crippen LogP contribution in [-0.4, -0.2) is 15.1 Å². The van der Waals surface area contributed by atoms with E-state index >= 15 is 0 Å². The first kappa shape index (κ1) is 12.7. The predicted molar refractivity (Wildman–Crippen MR) is 74.9 cm³/mol. The first-order valence-corrected chi connectivity index (χ1v) is 6.99. The summed E-state index contributed by atoms with van der Waals surface area (Å²) in [6.45, 7) is 0. The fourth-order valence-electron chi connectivity index (χ4n) is 1.82. The van der Waals surface area contributed by atoms with Gasteiger partial charge in [-0.25, -0.2) is 0 Å². The molecule has 2 nitrogen and oxygen atoms in total. The molecule has 1 unspecified atom stereocenters. The van der Waals surface area contributed by atoms with Crippen molar-refractivity contribution in [2.24, 2.45) is 7.05 Å². The molecule has 2 rings (SSSR count). The highest BCUT2D eigenvalue weighted by Crippen LogP contribution is 2.23. The van der Waals surface area contributed by atoms with E-state index in [2.05, 4.69) is 39.2 Å². The van der Waals surface area contributed by atoms with E-state index in [0.717, 1.165) is 22.5 Å². The largest absolute Gasteiger partial charge is 0.276 e. The van der Waals surface area contributed by atoms with Crippen LogP contribution < -0.4 is 0 Å². The summed E-state index contributed by atoms with van der Waals surface area (Å²) in [5, 5.41) is 6.11. The highest BCUT2D eigenvalue weighted by Gasteiger charge is 2.12. The van der Waals surface area contributed by atoms with E-state index in [1.54, 1.807) is 0 Å². The first-order valence-electron chi connectivity index (χ1n) is 5.49. The maximum atomic E-state index is 5.90. The molecule has 0 aliphatic rings. The zero-order valence-electron chi connectivity index (χ0n) is 9.61. The van der Waals surface area contributed by atoms with Crippen LogP contribution in [0.15, 0.2) is 36.5 Å². The summed E-state index contributed by atoms with van der Waals surface area (Å²) in [7, 11) is 1.94. The Morgan fingerprint density at radius 1 is 1.29 bits per heavy atom. The molecule has 90 valence electrons. The minimum atomic E-state index is 0.433. The van der Waals surface area contributed by atoms with E-state index < -0.39 is 0 Å². The molecule has 0 spiro atoms. The average Bonchev–Trinajstić information content (AvgIpc) is 2.73. The second kappa shape index (κ2) is 5.69. The van der Waals surface area contributed by atoms with Crippen LogP contribution in [0.2, 0.25) is 5.02 Å². The summed E-state index contributed by atoms with van der Waals surface area (Å²) in [5.74, 6) is 0.433. The number of nitrogens with zero attached hydrogens (tertiary/aromatic N) is 2. The molecule has 1 aromatic carbocycles. The summed E-state index contributed by atoms with van der Waals surface area (Å²) >= 11 is 9.46. The van der Waals surface area contributed by atoms with Gasteiger partial charge in [-0.15, -0.1) is 0 Å². The highest BCUT2D eigenvalue weighted by molar-refractivity contribution is 9.09. The lowest BCUT2D eigenvalue weighted by Gasteiger charge is -2.13. The van der Waals surface area contributed by atoms with Crippen molar-refractivity contribution in [3.63, 3.8) is 0 Å². The number of aromatic nitrogens is 2. The van der Waals surface area contributed by atoms with Crippen molar-refractivity contribution < 1.29 is 0 Å². The SMILES string of the molecule is Cn1ccc(CC(CBr)c2ccc(Cl)cc2)n1. The van der Waals surface area contributed by atoms with Crippen molar-refractivity contribution in [2.75, 3.05) is 5.33 Å². The number of aryl methyl sites for hydroxylation is 1. The zero-order chi connectivity index (χ0) is 12.3. The van der Waals surface area contributed by atoms with Gasteiger partial charge in [-0.3, -0.25) is 4.68 Å². The second-order valence-corrected chi connectivity index (χ2v) is 5.17. The molecule has 0 saturated carbocycles. The molecule has 0 aliphatic heterocycles. The fraction of sp³-hybridized carbons (Fsp3) is 0.308. The van der Waals surface area contributed by atoms with Gasteiger partial charge in [-0.1, -0.05) is 39.7 Å². The summed E-state index contributed by atoms with van der Waals surface area (Å²) in [4.78, 5) is 0. The van der Waals surface area contributed by atoms with Crippen LogP contribution in [0.25, 0.3) is 0 Å². The third-order valence-corrected chi connectivity index (χ3v) is 3.79. The van der Waals surface area contributed by atoms with E-state index in [9.17, 15) is 0 Å². The summed E-state index contributed by atoms with van der Waals surface area (Å²) in [6.07, 6.45) is 2.91. The molecule has 1 heterocycles. The molecule has 0 fully saturated rings. The number of hydrogen-bond acceptors (Lipinski definition) is 1. The minimum absolute atomic E-state index is 0.433. The van der Waals surface area contributed by atoms with Gasteiger partial charge in [-0.05, 0) is 36.1 Å². The molecule has 0 N–H and O–H groups in total. The molecule has 17 heavy (non-hydrogen) atoms. The Hall–Kier alpha value is -0.800. The molecule has 0 amide bonds. The van der Waals surface area contributed by atoms with Crippen LogP contribution in [0, 0.1) is 0 Å². The van der Waals surface area contributed by atoms with Crippen molar-refractivity contribution in [3.05, 3.63) is 52.8 Å². The lowest BCUT2D eigenvalue weighted by molar-refractivity contribution is 0.701. The van der Waals surface area contributed by atoms with Gasteiger partial charge in [0, 0.05) is 23.6 Å². The third-order valence-electron chi connectivity index (χ3n) is 2.75. The molecular formula is C13H14BrClN2. The maximum Gasteiger partial charge on any atom is 0.0630 e. The van der Waals surface area contributed by atoms with Gasteiger partial charge in [0.15, 0.2) is 0 Å². The number of rotatable bonds is 4. The minimum Gasteiger partial charge on any atom is -0.276 e. The molecule has 4 heteroatoms. The fourth-order valence-corrected chi connectivity index (χ4v) is 2.55. The third kappa shape index (κ3) is 3.33. The Balaban J connectivity index is 2.13. The predicted octanol–water partition coefficient (Wildman–Crippen LogP) is 3.79. The highest BCUT2D eigenvalue weighted by atomic mass is 79.9. The molecule has 1 aromatic heterocycles. The van der Waals surface area contributed by atoms with Crippen LogP contribution >= 0.6 is 27.5 Å². The topological polar surface area (TPSA) is 17.8 Å². The van der Waals surface area contributed by atoms with Gasteiger partial charge in [0.1, 0.15) is 0 Å². The normalized spacial score (nSPS) is 12.6. The van der Waals surface area contributed by atoms with E-state index in [4.69, 9.17) is 11.6 Å². The zero-order valence-corrected chi connectivity index (χ0v) is 11.9. The molecule has 1 atom stereocenters. The smallest absolute Gasteiger partial charge is 0.0630 e. The Kier molecular flexibility index (Phi) is 4.24. The van der Waals surface area contributed by atoms with Gasteiger partial charge in [0.25, 0.3) is 0 Å². The number of hydrogen-bond donors (Lipinski definition) is 0. The van der Waals surface area contributed by atoms with Gasteiger partial charge < -0.3 is 0 Å². The number of benzene rings is 1. The van der Waals surface area contributed by atoms with Crippen LogP contribution in [0.1, 0.15) is 17.2 Å². The number of alkyl halides is 1. The monoisotopic (exact) mass is 312 g/mol. The van der Waals surface area contributed by atoms with Gasteiger partial charge in [0.2, 0.25) is 0 Å². The van der Waals surface area contributed by atoms with Crippen LogP contribution in [0.5, 0.6) is 0 Å². The number of halogens is 2. The van der Waals surface area contributed by atoms with E-state index in [1.807, 2.05) is 30.1 Å². The van der Waals surface area contributed by atoms with E-state index in [1.165, 1.54) is 5.56 Å². The van der Waals surface area contributed by atoms with Gasteiger partial charge in [-0.2, -0.15) is 5.10 Å². The maximum absolute atomic E-state index is 5.90. The molecule has 0 bridgehead atoms. The summed E-state index contributed by atoms with van der Waals surface area (Å²) in [6, 6.07) is 10.1. The standard InChI is InChI=1S/C13H14BrClN2/c1-17-7-6-13(16-17)8-11(9-14)10-2-4-12(15)5-3-10/h2-7,11H,8-9H2,1H3. The molecule has 0 saturated heterocycles.